The highest BCUT2D eigenvalue weighted by atomic mass is 16.5. The number of nitrogens with one attached hydrogen (secondary N) is 1. The monoisotopic (exact) mass is 219 g/mol. The minimum absolute atomic E-state index is 0.240. The molecular formula is C13H17NO2. The van der Waals surface area contributed by atoms with Gasteiger partial charge in [0.2, 0.25) is 0 Å². The molecule has 3 nitrogen and oxygen atoms in total. The minimum Gasteiger partial charge on any atom is -0.468 e. The predicted octanol–water partition coefficient (Wildman–Crippen LogP) is 2.00. The molecule has 3 heteroatoms. The van der Waals surface area contributed by atoms with E-state index < -0.39 is 0 Å². The van der Waals surface area contributed by atoms with E-state index in [1.807, 2.05) is 12.1 Å². The van der Waals surface area contributed by atoms with E-state index in [2.05, 4.69) is 17.4 Å². The van der Waals surface area contributed by atoms with Crippen molar-refractivity contribution in [3.05, 3.63) is 35.4 Å². The summed E-state index contributed by atoms with van der Waals surface area (Å²) in [6.45, 7) is 0. The number of hydrogen-bond donors (Lipinski definition) is 1. The molecule has 0 spiro atoms. The standard InChI is InChI=1S/C13H17NO2/c1-14-12(13(15)16-2)11-5-3-4-10(8-11)9-6-7-9/h3-5,8-9,12,14H,6-7H2,1-2H3. The van der Waals surface area contributed by atoms with Crippen LogP contribution >= 0.6 is 0 Å². The Hall–Kier alpha value is -1.35. The van der Waals surface area contributed by atoms with Gasteiger partial charge in [0.25, 0.3) is 0 Å². The van der Waals surface area contributed by atoms with Gasteiger partial charge < -0.3 is 10.1 Å². The quantitative estimate of drug-likeness (QED) is 0.787. The van der Waals surface area contributed by atoms with Crippen LogP contribution in [-0.2, 0) is 9.53 Å². The van der Waals surface area contributed by atoms with Crippen LogP contribution in [0.25, 0.3) is 0 Å². The van der Waals surface area contributed by atoms with Gasteiger partial charge in [0.15, 0.2) is 0 Å². The molecule has 1 aromatic carbocycles. The lowest BCUT2D eigenvalue weighted by Crippen LogP contribution is -2.26. The Morgan fingerprint density at radius 3 is 2.81 bits per heavy atom. The average molecular weight is 219 g/mol. The summed E-state index contributed by atoms with van der Waals surface area (Å²) in [4.78, 5) is 11.6. The highest BCUT2D eigenvalue weighted by molar-refractivity contribution is 5.77. The molecule has 2 rings (SSSR count). The summed E-state index contributed by atoms with van der Waals surface area (Å²) in [6.07, 6.45) is 2.54. The third kappa shape index (κ3) is 2.25. The second-order valence-electron chi connectivity index (χ2n) is 4.19. The number of esters is 1. The topological polar surface area (TPSA) is 38.3 Å². The molecule has 0 heterocycles. The Labute approximate surface area is 95.8 Å². The van der Waals surface area contributed by atoms with Gasteiger partial charge in [-0.1, -0.05) is 24.3 Å². The number of likely N-dealkylation sites (N-methyl/N-ethyl adjacent to an activating group) is 1. The van der Waals surface area contributed by atoms with E-state index in [0.29, 0.717) is 5.92 Å². The van der Waals surface area contributed by atoms with Crippen molar-refractivity contribution in [2.75, 3.05) is 14.2 Å². The summed E-state index contributed by atoms with van der Waals surface area (Å²) in [6, 6.07) is 7.85. The van der Waals surface area contributed by atoms with E-state index in [-0.39, 0.29) is 12.0 Å². The molecule has 16 heavy (non-hydrogen) atoms. The fourth-order valence-electron chi connectivity index (χ4n) is 1.95. The molecule has 0 amide bonds. The summed E-state index contributed by atoms with van der Waals surface area (Å²) < 4.78 is 4.77. The first-order valence-electron chi connectivity index (χ1n) is 5.61. The van der Waals surface area contributed by atoms with Crippen LogP contribution in [0.5, 0.6) is 0 Å². The third-order valence-electron chi connectivity index (χ3n) is 3.02. The second kappa shape index (κ2) is 4.66. The smallest absolute Gasteiger partial charge is 0.327 e. The van der Waals surface area contributed by atoms with Crippen molar-refractivity contribution in [2.45, 2.75) is 24.8 Å². The summed E-state index contributed by atoms with van der Waals surface area (Å²) >= 11 is 0. The molecular weight excluding hydrogens is 202 g/mol. The highest BCUT2D eigenvalue weighted by Crippen LogP contribution is 2.40. The van der Waals surface area contributed by atoms with Gasteiger partial charge in [-0.25, -0.2) is 4.79 Å². The molecule has 0 radical (unpaired) electrons. The molecule has 1 fully saturated rings. The van der Waals surface area contributed by atoms with Crippen LogP contribution in [0.2, 0.25) is 0 Å². The van der Waals surface area contributed by atoms with Crippen LogP contribution in [0, 0.1) is 0 Å². The lowest BCUT2D eigenvalue weighted by molar-refractivity contribution is -0.143. The molecule has 1 atom stereocenters. The first-order chi connectivity index (χ1) is 7.76. The van der Waals surface area contributed by atoms with Crippen molar-refractivity contribution in [3.8, 4) is 0 Å². The first-order valence-corrected chi connectivity index (χ1v) is 5.61. The highest BCUT2D eigenvalue weighted by Gasteiger charge is 2.25. The van der Waals surface area contributed by atoms with Gasteiger partial charge in [0, 0.05) is 0 Å². The number of ether oxygens (including phenoxy) is 1. The maximum atomic E-state index is 11.6. The van der Waals surface area contributed by atoms with Crippen LogP contribution in [0.1, 0.15) is 35.9 Å². The van der Waals surface area contributed by atoms with Crippen molar-refractivity contribution < 1.29 is 9.53 Å². The van der Waals surface area contributed by atoms with Gasteiger partial charge in [-0.3, -0.25) is 0 Å². The van der Waals surface area contributed by atoms with Gasteiger partial charge in [-0.15, -0.1) is 0 Å². The van der Waals surface area contributed by atoms with E-state index in [0.717, 1.165) is 5.56 Å². The zero-order valence-electron chi connectivity index (χ0n) is 9.69. The number of carbonyl (C=O) groups excluding carboxylic acids is 1. The van der Waals surface area contributed by atoms with Crippen LogP contribution in [0.3, 0.4) is 0 Å². The minimum atomic E-state index is -0.358. The van der Waals surface area contributed by atoms with Crippen LogP contribution < -0.4 is 5.32 Å². The zero-order valence-corrected chi connectivity index (χ0v) is 9.69. The van der Waals surface area contributed by atoms with E-state index in [4.69, 9.17) is 4.74 Å². The van der Waals surface area contributed by atoms with E-state index in [9.17, 15) is 4.79 Å². The van der Waals surface area contributed by atoms with Crippen LogP contribution in [0.15, 0.2) is 24.3 Å². The second-order valence-corrected chi connectivity index (χ2v) is 4.19. The van der Waals surface area contributed by atoms with Gasteiger partial charge >= 0.3 is 5.97 Å². The van der Waals surface area contributed by atoms with Gasteiger partial charge in [-0.2, -0.15) is 0 Å². The van der Waals surface area contributed by atoms with Crippen molar-refractivity contribution in [1.82, 2.24) is 5.32 Å². The SMILES string of the molecule is CNC(C(=O)OC)c1cccc(C2CC2)c1. The number of hydrogen-bond acceptors (Lipinski definition) is 3. The number of rotatable bonds is 4. The van der Waals surface area contributed by atoms with Gasteiger partial charge in [-0.05, 0) is 36.9 Å². The largest absolute Gasteiger partial charge is 0.468 e. The molecule has 0 aliphatic heterocycles. The molecule has 0 saturated heterocycles. The maximum Gasteiger partial charge on any atom is 0.327 e. The molecule has 0 aromatic heterocycles. The predicted molar refractivity (Wildman–Crippen MR) is 62.2 cm³/mol. The van der Waals surface area contributed by atoms with Gasteiger partial charge in [0.1, 0.15) is 6.04 Å². The van der Waals surface area contributed by atoms with E-state index in [1.165, 1.54) is 25.5 Å². The molecule has 1 unspecified atom stereocenters. The Balaban J connectivity index is 2.23. The molecule has 1 saturated carbocycles. The van der Waals surface area contributed by atoms with Crippen molar-refractivity contribution in [1.29, 1.82) is 0 Å². The number of methoxy groups -OCH3 is 1. The molecule has 1 aliphatic rings. The Morgan fingerprint density at radius 1 is 1.50 bits per heavy atom. The van der Waals surface area contributed by atoms with Crippen LogP contribution in [-0.4, -0.2) is 20.1 Å². The van der Waals surface area contributed by atoms with Crippen molar-refractivity contribution >= 4 is 5.97 Å². The molecule has 1 N–H and O–H groups in total. The molecule has 86 valence electrons. The number of carbonyl (C=O) groups is 1. The van der Waals surface area contributed by atoms with E-state index >= 15 is 0 Å². The summed E-state index contributed by atoms with van der Waals surface area (Å²) in [7, 11) is 3.18. The third-order valence-corrected chi connectivity index (χ3v) is 3.02. The summed E-state index contributed by atoms with van der Waals surface area (Å²) in [5.74, 6) is 0.463. The molecule has 1 aromatic rings. The Morgan fingerprint density at radius 2 is 2.25 bits per heavy atom. The normalized spacial score (nSPS) is 16.9. The maximum absolute atomic E-state index is 11.6. The Kier molecular flexibility index (Phi) is 3.25. The molecule has 0 bridgehead atoms. The lowest BCUT2D eigenvalue weighted by atomic mass is 10.0. The molecule has 1 aliphatic carbocycles. The first kappa shape index (κ1) is 11.1. The van der Waals surface area contributed by atoms with Gasteiger partial charge in [0.05, 0.1) is 7.11 Å². The lowest BCUT2D eigenvalue weighted by Gasteiger charge is -2.14. The number of benzene rings is 1. The van der Waals surface area contributed by atoms with E-state index in [1.54, 1.807) is 7.05 Å². The zero-order chi connectivity index (χ0) is 11.5. The van der Waals surface area contributed by atoms with Crippen molar-refractivity contribution in [3.63, 3.8) is 0 Å². The van der Waals surface area contributed by atoms with Crippen LogP contribution in [0.4, 0.5) is 0 Å². The Bertz CT molecular complexity index is 385. The fourth-order valence-corrected chi connectivity index (χ4v) is 1.95. The average Bonchev–Trinajstić information content (AvgIpc) is 3.14. The van der Waals surface area contributed by atoms with Crippen molar-refractivity contribution in [2.24, 2.45) is 0 Å². The fraction of sp³-hybridized carbons (Fsp3) is 0.462. The summed E-state index contributed by atoms with van der Waals surface area (Å²) in [5.41, 5.74) is 2.32. The summed E-state index contributed by atoms with van der Waals surface area (Å²) in [5, 5.41) is 2.98.